The number of fused-ring (bicyclic) bond motifs is 1. The van der Waals surface area contributed by atoms with Crippen LogP contribution in [0.1, 0.15) is 0 Å². The Kier molecular flexibility index (Phi) is 4.01. The van der Waals surface area contributed by atoms with E-state index in [9.17, 15) is 4.79 Å². The molecule has 3 rings (SSSR count). The lowest BCUT2D eigenvalue weighted by Gasteiger charge is -2.07. The molecule has 0 aliphatic heterocycles. The third kappa shape index (κ3) is 3.06. The van der Waals surface area contributed by atoms with E-state index in [1.807, 2.05) is 30.3 Å². The Hall–Kier alpha value is -2.88. The number of carbonyl (C=O) groups is 1. The topological polar surface area (TPSA) is 54.0 Å². The number of hydrogen-bond acceptors (Lipinski definition) is 3. The van der Waals surface area contributed by atoms with Crippen molar-refractivity contribution in [2.75, 3.05) is 18.9 Å². The maximum absolute atomic E-state index is 11.3. The molecule has 0 aliphatic carbocycles. The first-order chi connectivity index (χ1) is 10.8. The first-order valence-corrected chi connectivity index (χ1v) is 7.17. The fourth-order valence-corrected chi connectivity index (χ4v) is 2.29. The summed E-state index contributed by atoms with van der Waals surface area (Å²) >= 11 is 0. The number of rotatable bonds is 4. The first kappa shape index (κ1) is 14.1. The quantitative estimate of drug-likeness (QED) is 0.777. The number of benzene rings is 2. The molecule has 0 atom stereocenters. The van der Waals surface area contributed by atoms with E-state index < -0.39 is 0 Å². The van der Waals surface area contributed by atoms with E-state index in [-0.39, 0.29) is 12.5 Å². The van der Waals surface area contributed by atoms with Crippen LogP contribution >= 0.6 is 0 Å². The van der Waals surface area contributed by atoms with Crippen LogP contribution in [0.5, 0.6) is 0 Å². The molecule has 22 heavy (non-hydrogen) atoms. The smallest absolute Gasteiger partial charge is 0.239 e. The highest BCUT2D eigenvalue weighted by atomic mass is 16.1. The number of pyridine rings is 1. The molecule has 2 N–H and O–H groups in total. The highest BCUT2D eigenvalue weighted by molar-refractivity contribution is 5.86. The minimum atomic E-state index is -0.0695. The summed E-state index contributed by atoms with van der Waals surface area (Å²) in [4.78, 5) is 15.9. The van der Waals surface area contributed by atoms with Gasteiger partial charge in [-0.15, -0.1) is 0 Å². The minimum absolute atomic E-state index is 0.0695. The van der Waals surface area contributed by atoms with E-state index in [1.54, 1.807) is 7.05 Å². The van der Waals surface area contributed by atoms with Crippen LogP contribution in [0.2, 0.25) is 0 Å². The standard InChI is InChI=1S/C18H17N3O/c1-19-18(22)12-20-17-10-9-14-7-8-15(11-16(14)21-17)13-5-3-2-4-6-13/h2-11H,12H2,1H3,(H,19,22)(H,20,21). The van der Waals surface area contributed by atoms with Gasteiger partial charge in [0.25, 0.3) is 0 Å². The van der Waals surface area contributed by atoms with Crippen molar-refractivity contribution in [3.8, 4) is 11.1 Å². The van der Waals surface area contributed by atoms with Gasteiger partial charge in [0, 0.05) is 12.4 Å². The summed E-state index contributed by atoms with van der Waals surface area (Å²) in [5, 5.41) is 6.67. The van der Waals surface area contributed by atoms with Crippen molar-refractivity contribution >= 4 is 22.6 Å². The van der Waals surface area contributed by atoms with Crippen LogP contribution in [0.3, 0.4) is 0 Å². The van der Waals surface area contributed by atoms with Crippen LogP contribution in [0.15, 0.2) is 60.7 Å². The molecule has 4 nitrogen and oxygen atoms in total. The number of aromatic nitrogens is 1. The summed E-state index contributed by atoms with van der Waals surface area (Å²) in [6.07, 6.45) is 0. The third-order valence-electron chi connectivity index (χ3n) is 3.51. The van der Waals surface area contributed by atoms with E-state index in [4.69, 9.17) is 0 Å². The van der Waals surface area contributed by atoms with Crippen molar-refractivity contribution in [2.24, 2.45) is 0 Å². The second-order valence-electron chi connectivity index (χ2n) is 5.00. The molecule has 0 unspecified atom stereocenters. The van der Waals surface area contributed by atoms with Gasteiger partial charge in [-0.1, -0.05) is 42.5 Å². The zero-order chi connectivity index (χ0) is 15.4. The summed E-state index contributed by atoms with van der Waals surface area (Å²) in [5.74, 6) is 0.626. The van der Waals surface area contributed by atoms with E-state index >= 15 is 0 Å². The monoisotopic (exact) mass is 291 g/mol. The molecule has 110 valence electrons. The lowest BCUT2D eigenvalue weighted by molar-refractivity contribution is -0.118. The van der Waals surface area contributed by atoms with Gasteiger partial charge in [0.15, 0.2) is 0 Å². The van der Waals surface area contributed by atoms with Crippen LogP contribution in [0, 0.1) is 0 Å². The molecule has 0 radical (unpaired) electrons. The number of amides is 1. The minimum Gasteiger partial charge on any atom is -0.361 e. The number of nitrogens with one attached hydrogen (secondary N) is 2. The third-order valence-corrected chi connectivity index (χ3v) is 3.51. The van der Waals surface area contributed by atoms with Crippen molar-refractivity contribution < 1.29 is 4.79 Å². The normalized spacial score (nSPS) is 10.4. The van der Waals surface area contributed by atoms with Crippen LogP contribution < -0.4 is 10.6 Å². The van der Waals surface area contributed by atoms with Gasteiger partial charge in [-0.2, -0.15) is 0 Å². The largest absolute Gasteiger partial charge is 0.361 e. The highest BCUT2D eigenvalue weighted by Gasteiger charge is 2.03. The summed E-state index contributed by atoms with van der Waals surface area (Å²) in [7, 11) is 1.62. The predicted molar refractivity (Wildman–Crippen MR) is 89.7 cm³/mol. The second-order valence-corrected chi connectivity index (χ2v) is 5.00. The lowest BCUT2D eigenvalue weighted by atomic mass is 10.0. The van der Waals surface area contributed by atoms with Crippen molar-refractivity contribution in [1.82, 2.24) is 10.3 Å². The van der Waals surface area contributed by atoms with E-state index in [2.05, 4.69) is 45.9 Å². The van der Waals surface area contributed by atoms with Crippen LogP contribution in [0.25, 0.3) is 22.0 Å². The molecule has 2 aromatic carbocycles. The summed E-state index contributed by atoms with van der Waals surface area (Å²) < 4.78 is 0. The number of nitrogens with zero attached hydrogens (tertiary/aromatic N) is 1. The van der Waals surface area contributed by atoms with Crippen LogP contribution in [-0.2, 0) is 4.79 Å². The molecule has 1 heterocycles. The second kappa shape index (κ2) is 6.26. The molecule has 0 saturated heterocycles. The maximum Gasteiger partial charge on any atom is 0.239 e. The molecule has 1 aromatic heterocycles. The average molecular weight is 291 g/mol. The van der Waals surface area contributed by atoms with E-state index in [1.165, 1.54) is 0 Å². The molecule has 0 spiro atoms. The molecule has 0 bridgehead atoms. The van der Waals surface area contributed by atoms with Crippen LogP contribution in [-0.4, -0.2) is 24.5 Å². The van der Waals surface area contributed by atoms with Gasteiger partial charge in [0.05, 0.1) is 12.1 Å². The average Bonchev–Trinajstić information content (AvgIpc) is 2.59. The van der Waals surface area contributed by atoms with Crippen molar-refractivity contribution in [3.05, 3.63) is 60.7 Å². The summed E-state index contributed by atoms with van der Waals surface area (Å²) in [6.45, 7) is 0.216. The fraction of sp³-hybridized carbons (Fsp3) is 0.111. The Morgan fingerprint density at radius 3 is 2.55 bits per heavy atom. The highest BCUT2D eigenvalue weighted by Crippen LogP contribution is 2.24. The zero-order valence-electron chi connectivity index (χ0n) is 12.3. The van der Waals surface area contributed by atoms with Crippen LogP contribution in [0.4, 0.5) is 5.82 Å². The Labute approximate surface area is 129 Å². The molecule has 0 saturated carbocycles. The van der Waals surface area contributed by atoms with Gasteiger partial charge in [-0.3, -0.25) is 4.79 Å². The fourth-order valence-electron chi connectivity index (χ4n) is 2.29. The van der Waals surface area contributed by atoms with Gasteiger partial charge in [-0.05, 0) is 29.3 Å². The Balaban J connectivity index is 1.91. The number of anilines is 1. The Bertz CT molecular complexity index is 800. The van der Waals surface area contributed by atoms with Gasteiger partial charge >= 0.3 is 0 Å². The maximum atomic E-state index is 11.3. The Morgan fingerprint density at radius 1 is 1.00 bits per heavy atom. The summed E-state index contributed by atoms with van der Waals surface area (Å²) in [6, 6.07) is 20.3. The molecule has 4 heteroatoms. The predicted octanol–water partition coefficient (Wildman–Crippen LogP) is 3.06. The first-order valence-electron chi connectivity index (χ1n) is 7.17. The van der Waals surface area contributed by atoms with Crippen molar-refractivity contribution in [1.29, 1.82) is 0 Å². The molecular weight excluding hydrogens is 274 g/mol. The molecular formula is C18H17N3O. The lowest BCUT2D eigenvalue weighted by Crippen LogP contribution is -2.26. The van der Waals surface area contributed by atoms with Crippen molar-refractivity contribution in [3.63, 3.8) is 0 Å². The molecule has 0 aliphatic rings. The Morgan fingerprint density at radius 2 is 1.77 bits per heavy atom. The van der Waals surface area contributed by atoms with Gasteiger partial charge in [0.2, 0.25) is 5.91 Å². The molecule has 1 amide bonds. The number of hydrogen-bond donors (Lipinski definition) is 2. The molecule has 0 fully saturated rings. The van der Waals surface area contributed by atoms with Crippen molar-refractivity contribution in [2.45, 2.75) is 0 Å². The van der Waals surface area contributed by atoms with Gasteiger partial charge in [-0.25, -0.2) is 4.98 Å². The van der Waals surface area contributed by atoms with Gasteiger partial charge < -0.3 is 10.6 Å². The summed E-state index contributed by atoms with van der Waals surface area (Å²) in [5.41, 5.74) is 3.20. The number of likely N-dealkylation sites (N-methyl/N-ethyl adjacent to an activating group) is 1. The number of carbonyl (C=O) groups excluding carboxylic acids is 1. The van der Waals surface area contributed by atoms with E-state index in [0.29, 0.717) is 5.82 Å². The van der Waals surface area contributed by atoms with Gasteiger partial charge in [0.1, 0.15) is 5.82 Å². The molecule has 3 aromatic rings. The zero-order valence-corrected chi connectivity index (χ0v) is 12.3. The van der Waals surface area contributed by atoms with E-state index in [0.717, 1.165) is 22.0 Å². The SMILES string of the molecule is CNC(=O)CNc1ccc2ccc(-c3ccccc3)cc2n1.